The summed E-state index contributed by atoms with van der Waals surface area (Å²) in [5.74, 6) is 0.662. The molecule has 0 saturated heterocycles. The Kier molecular flexibility index (Phi) is 5.21. The lowest BCUT2D eigenvalue weighted by Gasteiger charge is -2.22. The number of benzene rings is 2. The standard InChI is InChI=1S/C17H20O4S/c1-3-16(22(19,20)15-7-5-4-6-8-15)17(18)13-9-11-14(21-2)12-10-13/h4-12,16-18H,3H2,1-2H3/t16-,17-/m0/s1. The van der Waals surface area contributed by atoms with Crippen molar-refractivity contribution in [1.82, 2.24) is 0 Å². The van der Waals surface area contributed by atoms with Gasteiger partial charge in [-0.05, 0) is 36.2 Å². The van der Waals surface area contributed by atoms with E-state index in [9.17, 15) is 13.5 Å². The van der Waals surface area contributed by atoms with Crippen LogP contribution in [-0.4, -0.2) is 25.9 Å². The molecule has 0 aliphatic heterocycles. The van der Waals surface area contributed by atoms with Crippen LogP contribution in [0.2, 0.25) is 0 Å². The molecule has 1 N–H and O–H groups in total. The smallest absolute Gasteiger partial charge is 0.184 e. The molecule has 2 aromatic carbocycles. The quantitative estimate of drug-likeness (QED) is 0.889. The van der Waals surface area contributed by atoms with Gasteiger partial charge in [0.25, 0.3) is 0 Å². The van der Waals surface area contributed by atoms with Crippen molar-refractivity contribution in [2.24, 2.45) is 0 Å². The molecule has 0 bridgehead atoms. The summed E-state index contributed by atoms with van der Waals surface area (Å²) >= 11 is 0. The van der Waals surface area contributed by atoms with E-state index in [1.165, 1.54) is 0 Å². The lowest BCUT2D eigenvalue weighted by atomic mass is 10.0. The molecular formula is C17H20O4S. The molecule has 2 atom stereocenters. The highest BCUT2D eigenvalue weighted by Crippen LogP contribution is 2.30. The molecule has 2 aromatic rings. The monoisotopic (exact) mass is 320 g/mol. The first-order chi connectivity index (χ1) is 10.5. The molecule has 0 heterocycles. The minimum Gasteiger partial charge on any atom is -0.497 e. The molecule has 118 valence electrons. The minimum atomic E-state index is -3.60. The van der Waals surface area contributed by atoms with Gasteiger partial charge in [0.2, 0.25) is 0 Å². The van der Waals surface area contributed by atoms with E-state index >= 15 is 0 Å². The highest BCUT2D eigenvalue weighted by atomic mass is 32.2. The molecule has 4 nitrogen and oxygen atoms in total. The van der Waals surface area contributed by atoms with E-state index in [0.29, 0.717) is 17.7 Å². The molecule has 0 saturated carbocycles. The molecule has 0 spiro atoms. The van der Waals surface area contributed by atoms with Gasteiger partial charge in [-0.3, -0.25) is 0 Å². The number of hydrogen-bond donors (Lipinski definition) is 1. The van der Waals surface area contributed by atoms with Gasteiger partial charge >= 0.3 is 0 Å². The minimum absolute atomic E-state index is 0.231. The maximum Gasteiger partial charge on any atom is 0.184 e. The van der Waals surface area contributed by atoms with Crippen LogP contribution in [0.25, 0.3) is 0 Å². The number of ether oxygens (including phenoxy) is 1. The van der Waals surface area contributed by atoms with Crippen molar-refractivity contribution in [3.05, 3.63) is 60.2 Å². The van der Waals surface area contributed by atoms with Crippen molar-refractivity contribution in [2.75, 3.05) is 7.11 Å². The second-order valence-corrected chi connectivity index (χ2v) is 7.19. The van der Waals surface area contributed by atoms with Crippen LogP contribution in [0.3, 0.4) is 0 Å². The fourth-order valence-corrected chi connectivity index (χ4v) is 4.23. The second kappa shape index (κ2) is 6.94. The van der Waals surface area contributed by atoms with Crippen LogP contribution in [0.4, 0.5) is 0 Å². The van der Waals surface area contributed by atoms with Gasteiger partial charge in [-0.2, -0.15) is 0 Å². The summed E-state index contributed by atoms with van der Waals surface area (Å²) in [7, 11) is -2.04. The first-order valence-corrected chi connectivity index (χ1v) is 8.66. The average Bonchev–Trinajstić information content (AvgIpc) is 2.56. The van der Waals surface area contributed by atoms with Crippen LogP contribution < -0.4 is 4.74 Å². The Morgan fingerprint density at radius 1 is 1.05 bits per heavy atom. The van der Waals surface area contributed by atoms with Crippen molar-refractivity contribution >= 4 is 9.84 Å². The van der Waals surface area contributed by atoms with Crippen molar-refractivity contribution in [3.8, 4) is 5.75 Å². The molecule has 0 aliphatic rings. The Balaban J connectivity index is 2.34. The molecule has 2 rings (SSSR count). The summed E-state index contributed by atoms with van der Waals surface area (Å²) in [6, 6.07) is 15.0. The zero-order valence-corrected chi connectivity index (χ0v) is 13.5. The zero-order chi connectivity index (χ0) is 16.2. The molecule has 0 aromatic heterocycles. The molecule has 0 radical (unpaired) electrons. The fourth-order valence-electron chi connectivity index (χ4n) is 2.41. The molecule has 0 aliphatic carbocycles. The van der Waals surface area contributed by atoms with Crippen molar-refractivity contribution in [1.29, 1.82) is 0 Å². The van der Waals surface area contributed by atoms with Gasteiger partial charge in [0.15, 0.2) is 9.84 Å². The Morgan fingerprint density at radius 3 is 2.14 bits per heavy atom. The van der Waals surface area contributed by atoms with Gasteiger partial charge in [-0.15, -0.1) is 0 Å². The van der Waals surface area contributed by atoms with E-state index < -0.39 is 21.2 Å². The largest absolute Gasteiger partial charge is 0.497 e. The predicted molar refractivity (Wildman–Crippen MR) is 85.7 cm³/mol. The third kappa shape index (κ3) is 3.31. The Morgan fingerprint density at radius 2 is 1.64 bits per heavy atom. The number of rotatable bonds is 6. The highest BCUT2D eigenvalue weighted by molar-refractivity contribution is 7.92. The van der Waals surface area contributed by atoms with E-state index in [-0.39, 0.29) is 4.90 Å². The first kappa shape index (κ1) is 16.5. The first-order valence-electron chi connectivity index (χ1n) is 7.11. The summed E-state index contributed by atoms with van der Waals surface area (Å²) in [4.78, 5) is 0.231. The molecule has 0 fully saturated rings. The number of methoxy groups -OCH3 is 1. The third-order valence-electron chi connectivity index (χ3n) is 3.68. The molecule has 0 unspecified atom stereocenters. The van der Waals surface area contributed by atoms with Crippen LogP contribution in [0.5, 0.6) is 5.75 Å². The van der Waals surface area contributed by atoms with E-state index in [4.69, 9.17) is 4.74 Å². The van der Waals surface area contributed by atoms with Gasteiger partial charge in [0.05, 0.1) is 23.4 Å². The van der Waals surface area contributed by atoms with Crippen molar-refractivity contribution < 1.29 is 18.3 Å². The molecule has 5 heteroatoms. The summed E-state index contributed by atoms with van der Waals surface area (Å²) in [6.07, 6.45) is -0.758. The van der Waals surface area contributed by atoms with Crippen LogP contribution in [0, 0.1) is 0 Å². The van der Waals surface area contributed by atoms with Crippen LogP contribution >= 0.6 is 0 Å². The number of aliphatic hydroxyl groups excluding tert-OH is 1. The summed E-state index contributed by atoms with van der Waals surface area (Å²) in [5, 5.41) is 9.63. The lowest BCUT2D eigenvalue weighted by Crippen LogP contribution is -2.28. The normalized spacial score (nSPS) is 14.3. The van der Waals surface area contributed by atoms with Gasteiger partial charge in [-0.25, -0.2) is 8.42 Å². The SMILES string of the molecule is CC[C@@H]([C@@H](O)c1ccc(OC)cc1)S(=O)(=O)c1ccccc1. The Hall–Kier alpha value is -1.85. The zero-order valence-electron chi connectivity index (χ0n) is 12.6. The second-order valence-electron chi connectivity index (χ2n) is 5.02. The average molecular weight is 320 g/mol. The summed E-state index contributed by atoms with van der Waals surface area (Å²) in [6.45, 7) is 1.76. The van der Waals surface area contributed by atoms with E-state index in [1.807, 2.05) is 0 Å². The number of hydrogen-bond acceptors (Lipinski definition) is 4. The third-order valence-corrected chi connectivity index (χ3v) is 6.00. The topological polar surface area (TPSA) is 63.6 Å². The number of aliphatic hydroxyl groups is 1. The Labute approximate surface area is 131 Å². The van der Waals surface area contributed by atoms with Crippen LogP contribution in [0.15, 0.2) is 59.5 Å². The van der Waals surface area contributed by atoms with Gasteiger partial charge in [0.1, 0.15) is 5.75 Å². The highest BCUT2D eigenvalue weighted by Gasteiger charge is 2.33. The summed E-state index contributed by atoms with van der Waals surface area (Å²) in [5.41, 5.74) is 0.562. The lowest BCUT2D eigenvalue weighted by molar-refractivity contribution is 0.169. The van der Waals surface area contributed by atoms with Gasteiger partial charge in [0, 0.05) is 0 Å². The number of sulfone groups is 1. The van der Waals surface area contributed by atoms with Crippen molar-refractivity contribution in [2.45, 2.75) is 29.6 Å². The molecule has 0 amide bonds. The van der Waals surface area contributed by atoms with Gasteiger partial charge in [-0.1, -0.05) is 37.3 Å². The fraction of sp³-hybridized carbons (Fsp3) is 0.294. The molecule has 22 heavy (non-hydrogen) atoms. The predicted octanol–water partition coefficient (Wildman–Crippen LogP) is 2.98. The maximum absolute atomic E-state index is 12.7. The van der Waals surface area contributed by atoms with Crippen molar-refractivity contribution in [3.63, 3.8) is 0 Å². The van der Waals surface area contributed by atoms with E-state index in [0.717, 1.165) is 0 Å². The van der Waals surface area contributed by atoms with E-state index in [2.05, 4.69) is 0 Å². The molecular weight excluding hydrogens is 300 g/mol. The van der Waals surface area contributed by atoms with Crippen LogP contribution in [-0.2, 0) is 9.84 Å². The Bertz CT molecular complexity index is 693. The van der Waals surface area contributed by atoms with Crippen LogP contribution in [0.1, 0.15) is 25.0 Å². The maximum atomic E-state index is 12.7. The summed E-state index contributed by atoms with van der Waals surface area (Å²) < 4.78 is 30.5. The van der Waals surface area contributed by atoms with Gasteiger partial charge < -0.3 is 9.84 Å². The van der Waals surface area contributed by atoms with E-state index in [1.54, 1.807) is 68.6 Å².